The van der Waals surface area contributed by atoms with E-state index < -0.39 is 0 Å². The molecule has 3 heterocycles. The number of nitrogens with zero attached hydrogens (tertiary/aromatic N) is 2. The van der Waals surface area contributed by atoms with Gasteiger partial charge in [-0.3, -0.25) is 4.40 Å². The molecule has 0 aliphatic rings. The van der Waals surface area contributed by atoms with Crippen LogP contribution in [0.5, 0.6) is 0 Å². The first-order chi connectivity index (χ1) is 7.74. The van der Waals surface area contributed by atoms with Gasteiger partial charge in [-0.05, 0) is 37.6 Å². The average molecular weight is 212 g/mol. The quantitative estimate of drug-likeness (QED) is 0.620. The minimum Gasteiger partial charge on any atom is -0.458 e. The van der Waals surface area contributed by atoms with Crippen molar-refractivity contribution in [3.8, 4) is 11.6 Å². The van der Waals surface area contributed by atoms with Crippen LogP contribution in [-0.2, 0) is 0 Å². The summed E-state index contributed by atoms with van der Waals surface area (Å²) in [5, 5.41) is 0. The molecule has 3 aromatic heterocycles. The second kappa shape index (κ2) is 3.23. The number of aromatic nitrogens is 2. The molecule has 0 spiro atoms. The van der Waals surface area contributed by atoms with Crippen molar-refractivity contribution in [2.45, 2.75) is 13.8 Å². The smallest absolute Gasteiger partial charge is 0.180 e. The Morgan fingerprint density at radius 1 is 1.12 bits per heavy atom. The van der Waals surface area contributed by atoms with Gasteiger partial charge < -0.3 is 4.42 Å². The van der Waals surface area contributed by atoms with Gasteiger partial charge in [0.25, 0.3) is 0 Å². The van der Waals surface area contributed by atoms with E-state index in [9.17, 15) is 0 Å². The lowest BCUT2D eigenvalue weighted by Gasteiger charge is -1.99. The fourth-order valence-electron chi connectivity index (χ4n) is 1.83. The monoisotopic (exact) mass is 212 g/mol. The van der Waals surface area contributed by atoms with Crippen LogP contribution in [0.1, 0.15) is 11.3 Å². The first kappa shape index (κ1) is 9.21. The maximum absolute atomic E-state index is 5.59. The number of furan rings is 1. The van der Waals surface area contributed by atoms with Crippen LogP contribution < -0.4 is 0 Å². The van der Waals surface area contributed by atoms with E-state index in [1.54, 1.807) is 0 Å². The zero-order chi connectivity index (χ0) is 11.1. The lowest BCUT2D eigenvalue weighted by Crippen LogP contribution is -1.88. The third kappa shape index (κ3) is 1.33. The van der Waals surface area contributed by atoms with E-state index in [1.807, 2.05) is 29.7 Å². The topological polar surface area (TPSA) is 30.4 Å². The molecule has 0 saturated heterocycles. The highest BCUT2D eigenvalue weighted by Gasteiger charge is 2.09. The molecule has 0 unspecified atom stereocenters. The summed E-state index contributed by atoms with van der Waals surface area (Å²) in [5.74, 6) is 2.56. The first-order valence-corrected chi connectivity index (χ1v) is 5.24. The molecule has 0 amide bonds. The van der Waals surface area contributed by atoms with Crippen molar-refractivity contribution in [2.24, 2.45) is 0 Å². The molecule has 0 radical (unpaired) electrons. The molecule has 3 rings (SSSR count). The molecule has 0 aromatic carbocycles. The van der Waals surface area contributed by atoms with E-state index in [1.165, 1.54) is 5.56 Å². The molecule has 3 heteroatoms. The van der Waals surface area contributed by atoms with Gasteiger partial charge in [-0.15, -0.1) is 0 Å². The highest BCUT2D eigenvalue weighted by molar-refractivity contribution is 5.58. The molecule has 80 valence electrons. The molecule has 0 atom stereocenters. The number of hydrogen-bond acceptors (Lipinski definition) is 2. The van der Waals surface area contributed by atoms with Gasteiger partial charge in [-0.1, -0.05) is 6.07 Å². The van der Waals surface area contributed by atoms with Crippen LogP contribution >= 0.6 is 0 Å². The van der Waals surface area contributed by atoms with Crippen LogP contribution in [0, 0.1) is 13.8 Å². The Kier molecular flexibility index (Phi) is 1.86. The molecule has 3 nitrogen and oxygen atoms in total. The summed E-state index contributed by atoms with van der Waals surface area (Å²) < 4.78 is 7.64. The van der Waals surface area contributed by atoms with Gasteiger partial charge in [-0.2, -0.15) is 0 Å². The molecule has 0 bridgehead atoms. The van der Waals surface area contributed by atoms with Gasteiger partial charge in [-0.25, -0.2) is 4.98 Å². The zero-order valence-electron chi connectivity index (χ0n) is 9.27. The van der Waals surface area contributed by atoms with Crippen LogP contribution in [0.4, 0.5) is 0 Å². The van der Waals surface area contributed by atoms with Crippen LogP contribution in [0.25, 0.3) is 17.1 Å². The highest BCUT2D eigenvalue weighted by Crippen LogP contribution is 2.22. The van der Waals surface area contributed by atoms with Gasteiger partial charge in [0.1, 0.15) is 5.76 Å². The number of imidazole rings is 1. The van der Waals surface area contributed by atoms with Gasteiger partial charge >= 0.3 is 0 Å². The molecule has 3 aromatic rings. The van der Waals surface area contributed by atoms with E-state index in [-0.39, 0.29) is 0 Å². The Morgan fingerprint density at radius 3 is 2.75 bits per heavy atom. The second-order valence-corrected chi connectivity index (χ2v) is 3.99. The van der Waals surface area contributed by atoms with Crippen molar-refractivity contribution < 1.29 is 4.42 Å². The van der Waals surface area contributed by atoms with Crippen LogP contribution in [-0.4, -0.2) is 9.38 Å². The van der Waals surface area contributed by atoms with E-state index >= 15 is 0 Å². The third-order valence-corrected chi connectivity index (χ3v) is 2.64. The molecule has 0 saturated carbocycles. The minimum atomic E-state index is 0.808. The second-order valence-electron chi connectivity index (χ2n) is 3.99. The predicted molar refractivity (Wildman–Crippen MR) is 62.4 cm³/mol. The maximum Gasteiger partial charge on any atom is 0.180 e. The van der Waals surface area contributed by atoms with Crippen molar-refractivity contribution in [1.29, 1.82) is 0 Å². The molecule has 16 heavy (non-hydrogen) atoms. The Hall–Kier alpha value is -2.03. The summed E-state index contributed by atoms with van der Waals surface area (Å²) >= 11 is 0. The lowest BCUT2D eigenvalue weighted by molar-refractivity contribution is 0.544. The van der Waals surface area contributed by atoms with Crippen molar-refractivity contribution in [3.05, 3.63) is 48.0 Å². The van der Waals surface area contributed by atoms with Crippen LogP contribution in [0.3, 0.4) is 0 Å². The largest absolute Gasteiger partial charge is 0.458 e. The van der Waals surface area contributed by atoms with Crippen LogP contribution in [0.15, 0.2) is 41.1 Å². The van der Waals surface area contributed by atoms with Gasteiger partial charge in [0.2, 0.25) is 0 Å². The van der Waals surface area contributed by atoms with Crippen LogP contribution in [0.2, 0.25) is 0 Å². The molecule has 0 fully saturated rings. The van der Waals surface area contributed by atoms with Crippen molar-refractivity contribution in [3.63, 3.8) is 0 Å². The summed E-state index contributed by atoms with van der Waals surface area (Å²) in [6, 6.07) is 8.04. The number of aryl methyl sites for hydroxylation is 2. The fourth-order valence-corrected chi connectivity index (χ4v) is 1.83. The van der Waals surface area contributed by atoms with E-state index in [2.05, 4.69) is 30.2 Å². The summed E-state index contributed by atoms with van der Waals surface area (Å²) in [7, 11) is 0. The summed E-state index contributed by atoms with van der Waals surface area (Å²) in [6.45, 7) is 4.00. The van der Waals surface area contributed by atoms with Crippen molar-refractivity contribution in [2.75, 3.05) is 0 Å². The Morgan fingerprint density at radius 2 is 2.00 bits per heavy atom. The normalized spacial score (nSPS) is 11.1. The predicted octanol–water partition coefficient (Wildman–Crippen LogP) is 3.21. The van der Waals surface area contributed by atoms with Gasteiger partial charge in [0.05, 0.1) is 11.7 Å². The van der Waals surface area contributed by atoms with Crippen molar-refractivity contribution in [1.82, 2.24) is 9.38 Å². The summed E-state index contributed by atoms with van der Waals surface area (Å²) in [5.41, 5.74) is 2.28. The first-order valence-electron chi connectivity index (χ1n) is 5.24. The third-order valence-electron chi connectivity index (χ3n) is 2.64. The Balaban J connectivity index is 2.27. The summed E-state index contributed by atoms with van der Waals surface area (Å²) in [6.07, 6.45) is 3.92. The highest BCUT2D eigenvalue weighted by atomic mass is 16.3. The molecule has 0 N–H and O–H groups in total. The Labute approximate surface area is 93.4 Å². The zero-order valence-corrected chi connectivity index (χ0v) is 9.27. The summed E-state index contributed by atoms with van der Waals surface area (Å²) in [4.78, 5) is 4.39. The number of pyridine rings is 1. The minimum absolute atomic E-state index is 0.808. The SMILES string of the molecule is Cc1ccc2cnc(-c3ccc(C)o3)n2c1. The number of rotatable bonds is 1. The molecular formula is C13H12N2O. The van der Waals surface area contributed by atoms with E-state index in [4.69, 9.17) is 4.42 Å². The van der Waals surface area contributed by atoms with Crippen molar-refractivity contribution >= 4 is 5.52 Å². The molecule has 0 aliphatic heterocycles. The molecule has 0 aliphatic carbocycles. The fraction of sp³-hybridized carbons (Fsp3) is 0.154. The standard InChI is InChI=1S/C13H12N2O/c1-9-3-5-11-7-14-13(15(11)8-9)12-6-4-10(2)16-12/h3-8H,1-2H3. The number of fused-ring (bicyclic) bond motifs is 1. The van der Waals surface area contributed by atoms with Gasteiger partial charge in [0, 0.05) is 6.20 Å². The average Bonchev–Trinajstić information content (AvgIpc) is 2.83. The lowest BCUT2D eigenvalue weighted by atomic mass is 10.3. The van der Waals surface area contributed by atoms with E-state index in [0.29, 0.717) is 0 Å². The Bertz CT molecular complexity index is 649. The van der Waals surface area contributed by atoms with Gasteiger partial charge in [0.15, 0.2) is 11.6 Å². The maximum atomic E-state index is 5.59. The molecular weight excluding hydrogens is 200 g/mol. The van der Waals surface area contributed by atoms with E-state index in [0.717, 1.165) is 22.9 Å². The number of hydrogen-bond donors (Lipinski definition) is 0.